The van der Waals surface area contributed by atoms with Crippen molar-refractivity contribution in [2.75, 3.05) is 0 Å². The summed E-state index contributed by atoms with van der Waals surface area (Å²) in [6, 6.07) is 7.72. The van der Waals surface area contributed by atoms with E-state index in [4.69, 9.17) is 15.7 Å². The van der Waals surface area contributed by atoms with Crippen LogP contribution in [0.2, 0.25) is 0 Å². The number of halogens is 1. The number of rotatable bonds is 4. The molecule has 7 heteroatoms. The Morgan fingerprint density at radius 2 is 2.16 bits per heavy atom. The molecule has 2 rings (SSSR count). The highest BCUT2D eigenvalue weighted by molar-refractivity contribution is 5.95. The number of aromatic nitrogens is 2. The Morgan fingerprint density at radius 1 is 1.37 bits per heavy atom. The van der Waals surface area contributed by atoms with Crippen LogP contribution in [-0.2, 0) is 6.61 Å². The van der Waals surface area contributed by atoms with E-state index in [0.29, 0.717) is 5.56 Å². The highest BCUT2D eigenvalue weighted by atomic mass is 19.1. The first-order valence-corrected chi connectivity index (χ1v) is 5.38. The van der Waals surface area contributed by atoms with E-state index in [1.54, 1.807) is 18.2 Å². The third-order valence-corrected chi connectivity index (χ3v) is 2.32. The Balaban J connectivity index is 2.10. The first-order valence-electron chi connectivity index (χ1n) is 5.38. The third kappa shape index (κ3) is 3.15. The van der Waals surface area contributed by atoms with Gasteiger partial charge in [0, 0.05) is 11.8 Å². The van der Waals surface area contributed by atoms with Crippen molar-refractivity contribution in [1.29, 1.82) is 0 Å². The lowest BCUT2D eigenvalue weighted by Crippen LogP contribution is -2.15. The zero-order valence-electron chi connectivity index (χ0n) is 9.82. The summed E-state index contributed by atoms with van der Waals surface area (Å²) in [6.07, 6.45) is 1.40. The Bertz CT molecular complexity index is 604. The molecular formula is C12H11FN4O2. The summed E-state index contributed by atoms with van der Waals surface area (Å²) >= 11 is 0. The Hall–Kier alpha value is -2.70. The van der Waals surface area contributed by atoms with Gasteiger partial charge in [0.05, 0.1) is 0 Å². The van der Waals surface area contributed by atoms with E-state index in [-0.39, 0.29) is 30.0 Å². The summed E-state index contributed by atoms with van der Waals surface area (Å²) < 4.78 is 18.6. The van der Waals surface area contributed by atoms with Crippen LogP contribution in [0.5, 0.6) is 6.01 Å². The van der Waals surface area contributed by atoms with Gasteiger partial charge in [-0.2, -0.15) is 4.98 Å². The molecule has 0 spiro atoms. The fraction of sp³-hybridized carbons (Fsp3) is 0.0833. The number of nitrogens with two attached hydrogens (primary N) is 1. The second-order valence-electron chi connectivity index (χ2n) is 3.59. The summed E-state index contributed by atoms with van der Waals surface area (Å²) in [5, 5.41) is 11.4. The average molecular weight is 262 g/mol. The van der Waals surface area contributed by atoms with Crippen LogP contribution in [-0.4, -0.2) is 21.0 Å². The molecule has 1 aromatic heterocycles. The quantitative estimate of drug-likeness (QED) is 0.375. The number of ether oxygens (including phenoxy) is 1. The molecule has 0 unspecified atom stereocenters. The van der Waals surface area contributed by atoms with Crippen LogP contribution in [0.25, 0.3) is 0 Å². The monoisotopic (exact) mass is 262 g/mol. The highest BCUT2D eigenvalue weighted by Gasteiger charge is 2.06. The zero-order chi connectivity index (χ0) is 13.7. The van der Waals surface area contributed by atoms with Gasteiger partial charge in [-0.3, -0.25) is 0 Å². The van der Waals surface area contributed by atoms with Crippen molar-refractivity contribution in [3.8, 4) is 6.01 Å². The van der Waals surface area contributed by atoms with Crippen LogP contribution >= 0.6 is 0 Å². The maximum absolute atomic E-state index is 13.4. The molecule has 19 heavy (non-hydrogen) atoms. The molecule has 0 saturated heterocycles. The molecule has 1 aromatic carbocycles. The Labute approximate surface area is 108 Å². The fourth-order valence-electron chi connectivity index (χ4n) is 1.36. The number of hydrogen-bond acceptors (Lipinski definition) is 5. The highest BCUT2D eigenvalue weighted by Crippen LogP contribution is 2.10. The van der Waals surface area contributed by atoms with E-state index in [1.165, 1.54) is 18.3 Å². The zero-order valence-corrected chi connectivity index (χ0v) is 9.82. The molecule has 0 saturated carbocycles. The summed E-state index contributed by atoms with van der Waals surface area (Å²) in [4.78, 5) is 7.77. The first-order chi connectivity index (χ1) is 9.20. The molecule has 0 aliphatic heterocycles. The molecule has 6 nitrogen and oxygen atoms in total. The van der Waals surface area contributed by atoms with Crippen LogP contribution < -0.4 is 10.5 Å². The van der Waals surface area contributed by atoms with E-state index in [9.17, 15) is 4.39 Å². The molecule has 2 aromatic rings. The van der Waals surface area contributed by atoms with Crippen molar-refractivity contribution in [3.05, 3.63) is 53.6 Å². The molecule has 98 valence electrons. The van der Waals surface area contributed by atoms with Crippen molar-refractivity contribution in [2.24, 2.45) is 10.9 Å². The van der Waals surface area contributed by atoms with Gasteiger partial charge >= 0.3 is 6.01 Å². The standard InChI is InChI=1S/C12H11FN4O2/c13-9-4-2-1-3-8(9)7-19-12-15-6-5-10(16-12)11(14)17-18/h1-6,18H,7H2,(H2,14,17). The van der Waals surface area contributed by atoms with Crippen molar-refractivity contribution in [1.82, 2.24) is 9.97 Å². The van der Waals surface area contributed by atoms with Crippen molar-refractivity contribution in [3.63, 3.8) is 0 Å². The van der Waals surface area contributed by atoms with Gasteiger partial charge in [0.1, 0.15) is 18.1 Å². The van der Waals surface area contributed by atoms with E-state index in [0.717, 1.165) is 0 Å². The van der Waals surface area contributed by atoms with E-state index in [1.807, 2.05) is 0 Å². The van der Waals surface area contributed by atoms with Crippen LogP contribution in [0.4, 0.5) is 4.39 Å². The minimum Gasteiger partial charge on any atom is -0.458 e. The molecule has 1 heterocycles. The fourth-order valence-corrected chi connectivity index (χ4v) is 1.36. The van der Waals surface area contributed by atoms with Gasteiger partial charge in [-0.25, -0.2) is 9.37 Å². The lowest BCUT2D eigenvalue weighted by molar-refractivity contribution is 0.275. The minimum atomic E-state index is -0.366. The smallest absolute Gasteiger partial charge is 0.317 e. The molecule has 0 aliphatic rings. The van der Waals surface area contributed by atoms with E-state index < -0.39 is 0 Å². The summed E-state index contributed by atoms with van der Waals surface area (Å²) in [5.74, 6) is -0.520. The van der Waals surface area contributed by atoms with E-state index >= 15 is 0 Å². The Morgan fingerprint density at radius 3 is 2.89 bits per heavy atom. The van der Waals surface area contributed by atoms with Gasteiger partial charge in [-0.1, -0.05) is 23.4 Å². The van der Waals surface area contributed by atoms with Gasteiger partial charge in [-0.15, -0.1) is 0 Å². The molecular weight excluding hydrogens is 251 g/mol. The van der Waals surface area contributed by atoms with Gasteiger partial charge in [0.2, 0.25) is 0 Å². The topological polar surface area (TPSA) is 93.6 Å². The minimum absolute atomic E-state index is 0.00764. The van der Waals surface area contributed by atoms with Gasteiger partial charge in [0.25, 0.3) is 0 Å². The lowest BCUT2D eigenvalue weighted by Gasteiger charge is -2.06. The maximum atomic E-state index is 13.4. The lowest BCUT2D eigenvalue weighted by atomic mass is 10.2. The largest absolute Gasteiger partial charge is 0.458 e. The number of benzene rings is 1. The second-order valence-corrected chi connectivity index (χ2v) is 3.59. The second kappa shape index (κ2) is 5.76. The predicted octanol–water partition coefficient (Wildman–Crippen LogP) is 1.29. The van der Waals surface area contributed by atoms with E-state index in [2.05, 4.69) is 15.1 Å². The van der Waals surface area contributed by atoms with Gasteiger partial charge in [-0.05, 0) is 12.1 Å². The Kier molecular flexibility index (Phi) is 3.87. The number of amidine groups is 1. The number of oxime groups is 1. The molecule has 0 aliphatic carbocycles. The number of hydrogen-bond donors (Lipinski definition) is 2. The van der Waals surface area contributed by atoms with Gasteiger partial charge < -0.3 is 15.7 Å². The first kappa shape index (κ1) is 12.7. The SMILES string of the molecule is N/C(=N/O)c1ccnc(OCc2ccccc2F)n1. The summed E-state index contributed by atoms with van der Waals surface area (Å²) in [5.41, 5.74) is 6.00. The van der Waals surface area contributed by atoms with Crippen molar-refractivity contribution < 1.29 is 14.3 Å². The van der Waals surface area contributed by atoms with Crippen molar-refractivity contribution >= 4 is 5.84 Å². The molecule has 0 fully saturated rings. The molecule has 0 radical (unpaired) electrons. The van der Waals surface area contributed by atoms with Gasteiger partial charge in [0.15, 0.2) is 5.84 Å². The molecule has 0 bridgehead atoms. The van der Waals surface area contributed by atoms with Crippen LogP contribution in [0.3, 0.4) is 0 Å². The van der Waals surface area contributed by atoms with Crippen LogP contribution in [0, 0.1) is 5.82 Å². The number of nitrogens with zero attached hydrogens (tertiary/aromatic N) is 3. The predicted molar refractivity (Wildman–Crippen MR) is 65.3 cm³/mol. The summed E-state index contributed by atoms with van der Waals surface area (Å²) in [7, 11) is 0. The van der Waals surface area contributed by atoms with Crippen LogP contribution in [0.15, 0.2) is 41.7 Å². The molecule has 0 amide bonds. The maximum Gasteiger partial charge on any atom is 0.317 e. The van der Waals surface area contributed by atoms with Crippen molar-refractivity contribution in [2.45, 2.75) is 6.61 Å². The normalized spacial score (nSPS) is 11.3. The van der Waals surface area contributed by atoms with Crippen LogP contribution in [0.1, 0.15) is 11.3 Å². The average Bonchev–Trinajstić information content (AvgIpc) is 2.46. The third-order valence-electron chi connectivity index (χ3n) is 2.32. The molecule has 0 atom stereocenters. The molecule has 3 N–H and O–H groups in total. The summed E-state index contributed by atoms with van der Waals surface area (Å²) in [6.45, 7) is -0.00764.